The summed E-state index contributed by atoms with van der Waals surface area (Å²) >= 11 is 1.45. The van der Waals surface area contributed by atoms with Crippen LogP contribution in [0, 0.1) is 0 Å². The summed E-state index contributed by atoms with van der Waals surface area (Å²) in [6.45, 7) is 0. The van der Waals surface area contributed by atoms with Crippen molar-refractivity contribution in [3.8, 4) is 0 Å². The lowest BCUT2D eigenvalue weighted by atomic mass is 10.0. The van der Waals surface area contributed by atoms with E-state index in [1.807, 2.05) is 24.3 Å². The monoisotopic (exact) mass is 379 g/mol. The number of nitrogens with one attached hydrogen (secondary N) is 2. The second-order valence-corrected chi connectivity index (χ2v) is 7.43. The highest BCUT2D eigenvalue weighted by Gasteiger charge is 2.40. The van der Waals surface area contributed by atoms with Gasteiger partial charge in [-0.25, -0.2) is 0 Å². The Hall–Kier alpha value is -3.20. The molecule has 9 heteroatoms. The van der Waals surface area contributed by atoms with Crippen molar-refractivity contribution in [2.75, 3.05) is 4.90 Å². The van der Waals surface area contributed by atoms with E-state index in [9.17, 15) is 14.4 Å². The molecule has 8 nitrogen and oxygen atoms in total. The van der Waals surface area contributed by atoms with E-state index in [1.165, 1.54) is 16.7 Å². The van der Waals surface area contributed by atoms with Gasteiger partial charge in [-0.2, -0.15) is 10.3 Å². The molecular formula is C18H13N5O3S. The minimum absolute atomic E-state index is 0.214. The molecule has 2 aliphatic heterocycles. The van der Waals surface area contributed by atoms with Crippen LogP contribution >= 0.6 is 11.8 Å². The minimum atomic E-state index is -0.681. The fraction of sp³-hybridized carbons (Fsp3) is 0.167. The number of anilines is 1. The Bertz CT molecular complexity index is 1110. The number of aromatic amines is 1. The van der Waals surface area contributed by atoms with E-state index in [-0.39, 0.29) is 18.2 Å². The number of hydrogen-bond acceptors (Lipinski definition) is 6. The van der Waals surface area contributed by atoms with Gasteiger partial charge in [0.2, 0.25) is 11.8 Å². The van der Waals surface area contributed by atoms with Crippen LogP contribution in [0.2, 0.25) is 0 Å². The van der Waals surface area contributed by atoms with E-state index >= 15 is 0 Å². The van der Waals surface area contributed by atoms with Crippen molar-refractivity contribution in [2.24, 2.45) is 0 Å². The van der Waals surface area contributed by atoms with Gasteiger partial charge in [0.05, 0.1) is 11.9 Å². The quantitative estimate of drug-likeness (QED) is 0.673. The van der Waals surface area contributed by atoms with Crippen LogP contribution in [0.15, 0.2) is 46.5 Å². The van der Waals surface area contributed by atoms with E-state index in [1.54, 1.807) is 12.3 Å². The van der Waals surface area contributed by atoms with Crippen LogP contribution in [0.3, 0.4) is 0 Å². The van der Waals surface area contributed by atoms with Crippen molar-refractivity contribution >= 4 is 45.9 Å². The second-order valence-electron chi connectivity index (χ2n) is 6.36. The molecule has 27 heavy (non-hydrogen) atoms. The maximum Gasteiger partial charge on any atom is 0.259 e. The van der Waals surface area contributed by atoms with Crippen molar-refractivity contribution in [1.82, 2.24) is 20.7 Å². The molecule has 0 saturated carbocycles. The highest BCUT2D eigenvalue weighted by atomic mass is 32.2. The maximum atomic E-state index is 13.1. The number of imide groups is 1. The molecule has 3 aromatic rings. The number of aromatic nitrogens is 3. The number of rotatable bonds is 3. The van der Waals surface area contributed by atoms with Crippen LogP contribution in [-0.2, 0) is 9.59 Å². The Morgan fingerprint density at radius 3 is 2.81 bits per heavy atom. The van der Waals surface area contributed by atoms with Crippen LogP contribution in [0.4, 0.5) is 5.69 Å². The zero-order valence-corrected chi connectivity index (χ0v) is 14.7. The van der Waals surface area contributed by atoms with Crippen LogP contribution in [0.25, 0.3) is 10.8 Å². The third kappa shape index (κ3) is 2.42. The zero-order valence-electron chi connectivity index (χ0n) is 13.9. The largest absolute Gasteiger partial charge is 0.295 e. The molecule has 1 saturated heterocycles. The van der Waals surface area contributed by atoms with Crippen molar-refractivity contribution in [3.05, 3.63) is 42.1 Å². The van der Waals surface area contributed by atoms with Gasteiger partial charge >= 0.3 is 0 Å². The van der Waals surface area contributed by atoms with Crippen LogP contribution in [-0.4, -0.2) is 39.2 Å². The predicted molar refractivity (Wildman–Crippen MR) is 97.4 cm³/mol. The first-order chi connectivity index (χ1) is 13.1. The average molecular weight is 379 g/mol. The summed E-state index contributed by atoms with van der Waals surface area (Å²) in [5, 5.41) is 15.3. The van der Waals surface area contributed by atoms with Gasteiger partial charge < -0.3 is 0 Å². The Balaban J connectivity index is 1.62. The van der Waals surface area contributed by atoms with E-state index in [2.05, 4.69) is 20.7 Å². The van der Waals surface area contributed by atoms with Crippen molar-refractivity contribution < 1.29 is 14.4 Å². The average Bonchev–Trinajstić information content (AvgIpc) is 3.26. The summed E-state index contributed by atoms with van der Waals surface area (Å²) in [6.07, 6.45) is 2.18. The minimum Gasteiger partial charge on any atom is -0.295 e. The van der Waals surface area contributed by atoms with Gasteiger partial charge in [0.25, 0.3) is 5.91 Å². The smallest absolute Gasteiger partial charge is 0.259 e. The van der Waals surface area contributed by atoms with Crippen molar-refractivity contribution in [1.29, 1.82) is 0 Å². The molecule has 3 heterocycles. The molecule has 5 rings (SSSR count). The summed E-state index contributed by atoms with van der Waals surface area (Å²) in [7, 11) is 0. The number of amides is 3. The van der Waals surface area contributed by atoms with E-state index < -0.39 is 11.9 Å². The molecule has 2 aliphatic rings. The molecule has 3 amide bonds. The Morgan fingerprint density at radius 2 is 2.04 bits per heavy atom. The molecule has 1 aromatic heterocycles. The maximum absolute atomic E-state index is 13.1. The van der Waals surface area contributed by atoms with Gasteiger partial charge in [-0.1, -0.05) is 23.9 Å². The van der Waals surface area contributed by atoms with E-state index in [0.29, 0.717) is 17.7 Å². The summed E-state index contributed by atoms with van der Waals surface area (Å²) in [6, 6.07) is 8.64. The predicted octanol–water partition coefficient (Wildman–Crippen LogP) is 1.87. The number of carbonyl (C=O) groups excluding carboxylic acids is 3. The Morgan fingerprint density at radius 1 is 1.15 bits per heavy atom. The molecular weight excluding hydrogens is 366 g/mol. The normalized spacial score (nSPS) is 19.0. The van der Waals surface area contributed by atoms with Crippen molar-refractivity contribution in [2.45, 2.75) is 28.8 Å². The standard InChI is InChI=1S/C18H13N5O3S/c24-14-7-5-12(17(25)20-14)23-11-4-6-13(27-15-8-19-22-21-15)9-2-1-3-10(16(9)11)18(23)26/h1-4,6,8,12H,5,7H2,(H,19,21,22)(H,20,24,25). The molecule has 0 bridgehead atoms. The first-order valence-corrected chi connectivity index (χ1v) is 9.22. The molecule has 1 fully saturated rings. The van der Waals surface area contributed by atoms with Gasteiger partial charge in [-0.3, -0.25) is 24.6 Å². The third-order valence-corrected chi connectivity index (χ3v) is 5.80. The van der Waals surface area contributed by atoms with Gasteiger partial charge in [0, 0.05) is 22.3 Å². The second kappa shape index (κ2) is 5.92. The fourth-order valence-corrected chi connectivity index (χ4v) is 4.49. The number of hydrogen-bond donors (Lipinski definition) is 2. The topological polar surface area (TPSA) is 108 Å². The van der Waals surface area contributed by atoms with Gasteiger partial charge in [-0.15, -0.1) is 5.10 Å². The SMILES string of the molecule is O=C1CCC(N2C(=O)c3cccc4c(Sc5cn[nH]n5)ccc2c34)C(=O)N1. The molecule has 2 aromatic carbocycles. The van der Waals surface area contributed by atoms with E-state index in [0.717, 1.165) is 20.7 Å². The lowest BCUT2D eigenvalue weighted by Gasteiger charge is -2.30. The van der Waals surface area contributed by atoms with Crippen LogP contribution < -0.4 is 10.2 Å². The summed E-state index contributed by atoms with van der Waals surface area (Å²) in [5.41, 5.74) is 1.26. The van der Waals surface area contributed by atoms with E-state index in [4.69, 9.17) is 0 Å². The summed E-state index contributed by atoms with van der Waals surface area (Å²) in [5.74, 6) is -0.944. The first-order valence-electron chi connectivity index (χ1n) is 8.40. The van der Waals surface area contributed by atoms with Gasteiger partial charge in [0.1, 0.15) is 11.1 Å². The third-order valence-electron chi connectivity index (χ3n) is 4.82. The molecule has 134 valence electrons. The number of carbonyl (C=O) groups is 3. The number of H-pyrrole nitrogens is 1. The first kappa shape index (κ1) is 16.0. The highest BCUT2D eigenvalue weighted by molar-refractivity contribution is 7.99. The Labute approximate surface area is 157 Å². The van der Waals surface area contributed by atoms with Crippen LogP contribution in [0.5, 0.6) is 0 Å². The number of benzene rings is 2. The molecule has 0 aliphatic carbocycles. The Kier molecular flexibility index (Phi) is 3.51. The summed E-state index contributed by atoms with van der Waals surface area (Å²) in [4.78, 5) is 39.3. The molecule has 1 unspecified atom stereocenters. The molecule has 0 spiro atoms. The fourth-order valence-electron chi connectivity index (χ4n) is 3.66. The van der Waals surface area contributed by atoms with Gasteiger partial charge in [0.15, 0.2) is 0 Å². The molecule has 1 atom stereocenters. The van der Waals surface area contributed by atoms with Crippen LogP contribution in [0.1, 0.15) is 23.2 Å². The summed E-state index contributed by atoms with van der Waals surface area (Å²) < 4.78 is 0. The van der Waals surface area contributed by atoms with Crippen molar-refractivity contribution in [3.63, 3.8) is 0 Å². The number of piperidine rings is 1. The molecule has 2 N–H and O–H groups in total. The molecule has 0 radical (unpaired) electrons. The zero-order chi connectivity index (χ0) is 18.5. The lowest BCUT2D eigenvalue weighted by Crippen LogP contribution is -2.53. The number of nitrogens with zero attached hydrogens (tertiary/aromatic N) is 3. The lowest BCUT2D eigenvalue weighted by molar-refractivity contribution is -0.134. The van der Waals surface area contributed by atoms with Gasteiger partial charge in [-0.05, 0) is 30.0 Å². The highest BCUT2D eigenvalue weighted by Crippen LogP contribution is 2.44.